The van der Waals surface area contributed by atoms with Crippen molar-refractivity contribution in [2.75, 3.05) is 19.1 Å². The van der Waals surface area contributed by atoms with E-state index in [1.54, 1.807) is 30.3 Å². The Morgan fingerprint density at radius 2 is 1.69 bits per heavy atom. The van der Waals surface area contributed by atoms with Crippen molar-refractivity contribution in [2.24, 2.45) is 5.73 Å². The van der Waals surface area contributed by atoms with Gasteiger partial charge in [0.15, 0.2) is 11.6 Å². The summed E-state index contributed by atoms with van der Waals surface area (Å²) in [5.74, 6) is -8.25. The minimum Gasteiger partial charge on any atom is -0.481 e. The van der Waals surface area contributed by atoms with Crippen LogP contribution in [0.2, 0.25) is 0 Å². The van der Waals surface area contributed by atoms with Gasteiger partial charge in [0, 0.05) is 5.56 Å². The van der Waals surface area contributed by atoms with Crippen LogP contribution in [0.1, 0.15) is 17.0 Å². The van der Waals surface area contributed by atoms with Gasteiger partial charge >= 0.3 is 17.9 Å². The van der Waals surface area contributed by atoms with Crippen molar-refractivity contribution in [3.05, 3.63) is 87.9 Å². The molecule has 35 heavy (non-hydrogen) atoms. The molecule has 1 atom stereocenters. The molecule has 0 fully saturated rings. The van der Waals surface area contributed by atoms with Gasteiger partial charge in [-0.15, -0.1) is 0 Å². The van der Waals surface area contributed by atoms with Crippen LogP contribution in [0.3, 0.4) is 0 Å². The third kappa shape index (κ3) is 4.41. The maximum absolute atomic E-state index is 15.2. The number of aliphatic carboxylic acids is 1. The van der Waals surface area contributed by atoms with Crippen LogP contribution < -0.4 is 10.6 Å². The van der Waals surface area contributed by atoms with Gasteiger partial charge in [0.2, 0.25) is 0 Å². The third-order valence-electron chi connectivity index (χ3n) is 5.33. The monoisotopic (exact) mass is 483 g/mol. The van der Waals surface area contributed by atoms with Crippen LogP contribution >= 0.6 is 0 Å². The lowest BCUT2D eigenvalue weighted by Gasteiger charge is -2.36. The number of allylic oxidation sites excluding steroid dienone is 1. The number of methoxy groups -OCH3 is 2. The molecule has 0 bridgehead atoms. The number of rotatable bonds is 6. The fourth-order valence-electron chi connectivity index (χ4n) is 3.81. The molecule has 1 aliphatic heterocycles. The molecule has 0 aliphatic carbocycles. The van der Waals surface area contributed by atoms with Crippen LogP contribution in [0.15, 0.2) is 65.1 Å². The number of benzene rings is 2. The van der Waals surface area contributed by atoms with Gasteiger partial charge in [0.1, 0.15) is 11.5 Å². The maximum atomic E-state index is 15.2. The van der Waals surface area contributed by atoms with Crippen molar-refractivity contribution in [3.8, 4) is 6.07 Å². The van der Waals surface area contributed by atoms with Gasteiger partial charge in [-0.2, -0.15) is 5.26 Å². The number of hydrogen-bond acceptors (Lipinski definition) is 8. The number of nitrogens with zero attached hydrogens (tertiary/aromatic N) is 2. The van der Waals surface area contributed by atoms with Crippen molar-refractivity contribution in [1.29, 1.82) is 5.26 Å². The molecule has 0 radical (unpaired) electrons. The van der Waals surface area contributed by atoms with Gasteiger partial charge in [0.05, 0.1) is 49.5 Å². The Labute approximate surface area is 198 Å². The van der Waals surface area contributed by atoms with Crippen molar-refractivity contribution in [2.45, 2.75) is 12.3 Å². The number of carboxylic acid groups (broad SMARTS) is 1. The summed E-state index contributed by atoms with van der Waals surface area (Å²) in [4.78, 5) is 37.5. The number of hydrogen-bond donors (Lipinski definition) is 2. The second-order valence-electron chi connectivity index (χ2n) is 7.28. The largest absolute Gasteiger partial charge is 0.481 e. The van der Waals surface area contributed by atoms with E-state index >= 15 is 4.39 Å². The lowest BCUT2D eigenvalue weighted by atomic mass is 9.81. The van der Waals surface area contributed by atoms with E-state index in [1.807, 2.05) is 6.07 Å². The molecule has 1 unspecified atom stereocenters. The molecule has 0 saturated carbocycles. The molecule has 0 saturated heterocycles. The highest BCUT2D eigenvalue weighted by Gasteiger charge is 2.43. The summed E-state index contributed by atoms with van der Waals surface area (Å²) < 4.78 is 39.6. The van der Waals surface area contributed by atoms with Crippen molar-refractivity contribution >= 4 is 23.6 Å². The van der Waals surface area contributed by atoms with Gasteiger partial charge in [-0.05, 0) is 11.6 Å². The average molecular weight is 483 g/mol. The van der Waals surface area contributed by atoms with E-state index in [-0.39, 0.29) is 11.1 Å². The smallest absolute Gasteiger partial charge is 0.355 e. The summed E-state index contributed by atoms with van der Waals surface area (Å²) in [7, 11) is 2.05. The van der Waals surface area contributed by atoms with Crippen LogP contribution in [-0.4, -0.2) is 37.2 Å². The normalized spacial score (nSPS) is 15.5. The second-order valence-corrected chi connectivity index (χ2v) is 7.28. The van der Waals surface area contributed by atoms with Crippen molar-refractivity contribution in [3.63, 3.8) is 0 Å². The quantitative estimate of drug-likeness (QED) is 0.592. The molecule has 3 N–H and O–H groups in total. The van der Waals surface area contributed by atoms with Gasteiger partial charge in [0.25, 0.3) is 0 Å². The van der Waals surface area contributed by atoms with Crippen LogP contribution in [0.4, 0.5) is 14.5 Å². The molecule has 0 spiro atoms. The molecule has 0 amide bonds. The molecule has 2 aromatic rings. The van der Waals surface area contributed by atoms with Gasteiger partial charge in [-0.3, -0.25) is 9.69 Å². The van der Waals surface area contributed by atoms with E-state index in [2.05, 4.69) is 0 Å². The molecule has 2 aromatic carbocycles. The van der Waals surface area contributed by atoms with E-state index in [4.69, 9.17) is 20.3 Å². The summed E-state index contributed by atoms with van der Waals surface area (Å²) in [5, 5.41) is 18.9. The Morgan fingerprint density at radius 3 is 2.23 bits per heavy atom. The first-order valence-corrected chi connectivity index (χ1v) is 10.0. The third-order valence-corrected chi connectivity index (χ3v) is 5.33. The first kappa shape index (κ1) is 24.9. The number of halogens is 2. The summed E-state index contributed by atoms with van der Waals surface area (Å²) in [6, 6.07) is 12.0. The topological polar surface area (TPSA) is 143 Å². The predicted octanol–water partition coefficient (Wildman–Crippen LogP) is 2.49. The van der Waals surface area contributed by atoms with Crippen LogP contribution in [0.25, 0.3) is 0 Å². The number of esters is 2. The zero-order valence-corrected chi connectivity index (χ0v) is 18.5. The average Bonchev–Trinajstić information content (AvgIpc) is 2.86. The fraction of sp³-hybridized carbons (Fsp3) is 0.167. The van der Waals surface area contributed by atoms with Crippen LogP contribution in [0, 0.1) is 23.0 Å². The standard InChI is InChI=1S/C24H19F2N3O6/c1-34-23(32)18-17(12-6-4-3-5-7-12)14(11-27)22(28)29(21(18)24(33)35-2)15-9-8-13(10-16(30)31)19(25)20(15)26/h3-9,17H,10,28H2,1-2H3,(H,30,31). The zero-order chi connectivity index (χ0) is 25.9. The van der Waals surface area contributed by atoms with Gasteiger partial charge in [-0.25, -0.2) is 18.4 Å². The Hall–Kier alpha value is -4.72. The first-order valence-electron chi connectivity index (χ1n) is 10.0. The number of nitriles is 1. The number of carbonyl (C=O) groups is 3. The van der Waals surface area contributed by atoms with Crippen LogP contribution in [0.5, 0.6) is 0 Å². The number of nitrogens with two attached hydrogens (primary N) is 1. The lowest BCUT2D eigenvalue weighted by Crippen LogP contribution is -2.41. The number of anilines is 1. The number of ether oxygens (including phenoxy) is 2. The van der Waals surface area contributed by atoms with Crippen molar-refractivity contribution < 1.29 is 37.7 Å². The van der Waals surface area contributed by atoms with E-state index in [0.29, 0.717) is 10.5 Å². The Balaban J connectivity index is 2.41. The Bertz CT molecular complexity index is 1310. The van der Waals surface area contributed by atoms with E-state index in [1.165, 1.54) is 0 Å². The summed E-state index contributed by atoms with van der Waals surface area (Å²) in [5.41, 5.74) is 4.31. The maximum Gasteiger partial charge on any atom is 0.355 e. The molecule has 11 heteroatoms. The van der Waals surface area contributed by atoms with Gasteiger partial charge in [-0.1, -0.05) is 36.4 Å². The fourth-order valence-corrected chi connectivity index (χ4v) is 3.81. The highest BCUT2D eigenvalue weighted by molar-refractivity contribution is 6.06. The molecule has 0 aromatic heterocycles. The SMILES string of the molecule is COC(=O)C1=C(C(=O)OC)N(c2ccc(CC(=O)O)c(F)c2F)C(N)=C(C#N)C1c1ccccc1. The minimum absolute atomic E-state index is 0.237. The Morgan fingerprint density at radius 1 is 1.06 bits per heavy atom. The molecule has 9 nitrogen and oxygen atoms in total. The zero-order valence-electron chi connectivity index (χ0n) is 18.5. The molecule has 3 rings (SSSR count). The number of carbonyl (C=O) groups excluding carboxylic acids is 2. The summed E-state index contributed by atoms with van der Waals surface area (Å²) in [6.45, 7) is 0. The Kier molecular flexibility index (Phi) is 7.15. The predicted molar refractivity (Wildman–Crippen MR) is 117 cm³/mol. The minimum atomic E-state index is -1.55. The van der Waals surface area contributed by atoms with E-state index < -0.39 is 64.6 Å². The van der Waals surface area contributed by atoms with Crippen molar-refractivity contribution in [1.82, 2.24) is 0 Å². The van der Waals surface area contributed by atoms with Gasteiger partial charge < -0.3 is 20.3 Å². The lowest BCUT2D eigenvalue weighted by molar-refractivity contribution is -0.139. The van der Waals surface area contributed by atoms with E-state index in [9.17, 15) is 24.0 Å². The number of carboxylic acids is 1. The molecule has 1 heterocycles. The first-order chi connectivity index (χ1) is 16.7. The second kappa shape index (κ2) is 10.0. The van der Waals surface area contributed by atoms with E-state index in [0.717, 1.165) is 26.4 Å². The van der Waals surface area contributed by atoms with Crippen LogP contribution in [-0.2, 0) is 30.3 Å². The highest BCUT2D eigenvalue weighted by atomic mass is 19.2. The molecular weight excluding hydrogens is 464 g/mol. The molecule has 180 valence electrons. The summed E-state index contributed by atoms with van der Waals surface area (Å²) in [6.07, 6.45) is -0.805. The highest BCUT2D eigenvalue weighted by Crippen LogP contribution is 2.44. The molecule has 1 aliphatic rings. The molecular formula is C24H19F2N3O6. The summed E-state index contributed by atoms with van der Waals surface area (Å²) >= 11 is 0.